The third kappa shape index (κ3) is 5.50. The summed E-state index contributed by atoms with van der Waals surface area (Å²) in [5, 5.41) is 13.6. The van der Waals surface area contributed by atoms with Crippen molar-refractivity contribution in [1.82, 2.24) is 14.9 Å². The SMILES string of the molecule is CCOC(=O)C1=C(Cn2ccnc2)NC(C(F)(F)F)=C(C(=O)OCC)C1c1cccc([N+](=O)[O-])c1. The molecule has 35 heavy (non-hydrogen) atoms. The first-order valence-corrected chi connectivity index (χ1v) is 10.4. The molecule has 13 heteroatoms. The Morgan fingerprint density at radius 1 is 1.17 bits per heavy atom. The first-order chi connectivity index (χ1) is 16.6. The standard InChI is InChI=1S/C22H21F3N4O6/c1-3-34-20(30)17-15(11-28-9-8-26-12-28)27-19(22(23,24)25)18(21(31)35-4-2)16(17)13-6-5-7-14(10-13)29(32)33/h5-10,12,16,27H,3-4,11H2,1-2H3. The lowest BCUT2D eigenvalue weighted by atomic mass is 9.79. The van der Waals surface area contributed by atoms with Crippen molar-refractivity contribution in [3.63, 3.8) is 0 Å². The lowest BCUT2D eigenvalue weighted by Crippen LogP contribution is -2.40. The third-order valence-electron chi connectivity index (χ3n) is 5.04. The quantitative estimate of drug-likeness (QED) is 0.336. The van der Waals surface area contributed by atoms with Crippen molar-refractivity contribution < 1.29 is 37.2 Å². The minimum absolute atomic E-state index is 0.0864. The number of dihydropyridines is 1. The van der Waals surface area contributed by atoms with Gasteiger partial charge in [-0.15, -0.1) is 0 Å². The summed E-state index contributed by atoms with van der Waals surface area (Å²) < 4.78 is 54.1. The number of benzene rings is 1. The van der Waals surface area contributed by atoms with Gasteiger partial charge in [-0.1, -0.05) is 12.1 Å². The molecule has 2 heterocycles. The number of hydrogen-bond acceptors (Lipinski definition) is 8. The summed E-state index contributed by atoms with van der Waals surface area (Å²) in [6.45, 7) is 2.32. The van der Waals surface area contributed by atoms with Crippen LogP contribution in [0.1, 0.15) is 25.3 Å². The number of nitro benzene ring substituents is 1. The van der Waals surface area contributed by atoms with Crippen molar-refractivity contribution in [1.29, 1.82) is 0 Å². The molecule has 10 nitrogen and oxygen atoms in total. The van der Waals surface area contributed by atoms with E-state index in [1.54, 1.807) is 0 Å². The zero-order chi connectivity index (χ0) is 25.8. The summed E-state index contributed by atoms with van der Waals surface area (Å²) in [6.07, 6.45) is -0.854. The molecule has 3 rings (SSSR count). The van der Waals surface area contributed by atoms with Crippen LogP contribution in [0.25, 0.3) is 0 Å². The Bertz CT molecular complexity index is 1190. The van der Waals surface area contributed by atoms with E-state index >= 15 is 0 Å². The highest BCUT2D eigenvalue weighted by atomic mass is 19.4. The number of halogens is 3. The van der Waals surface area contributed by atoms with Gasteiger partial charge in [-0.25, -0.2) is 14.6 Å². The van der Waals surface area contributed by atoms with Crippen LogP contribution in [-0.4, -0.2) is 45.8 Å². The van der Waals surface area contributed by atoms with Crippen molar-refractivity contribution in [2.75, 3.05) is 13.2 Å². The van der Waals surface area contributed by atoms with Crippen LogP contribution in [0.15, 0.2) is 65.5 Å². The average Bonchev–Trinajstić information content (AvgIpc) is 3.31. The van der Waals surface area contributed by atoms with E-state index in [1.807, 2.05) is 0 Å². The van der Waals surface area contributed by atoms with E-state index in [-0.39, 0.29) is 36.6 Å². The first-order valence-electron chi connectivity index (χ1n) is 10.4. The van der Waals surface area contributed by atoms with Crippen LogP contribution in [0.4, 0.5) is 18.9 Å². The number of nitro groups is 1. The van der Waals surface area contributed by atoms with Gasteiger partial charge in [0.1, 0.15) is 5.70 Å². The van der Waals surface area contributed by atoms with E-state index in [1.165, 1.54) is 49.3 Å². The number of rotatable bonds is 8. The highest BCUT2D eigenvalue weighted by Crippen LogP contribution is 2.44. The van der Waals surface area contributed by atoms with Crippen LogP contribution in [0, 0.1) is 10.1 Å². The largest absolute Gasteiger partial charge is 0.463 e. The molecule has 0 spiro atoms. The number of nitrogens with zero attached hydrogens (tertiary/aromatic N) is 3. The predicted molar refractivity (Wildman–Crippen MR) is 115 cm³/mol. The zero-order valence-electron chi connectivity index (χ0n) is 18.7. The van der Waals surface area contributed by atoms with Crippen molar-refractivity contribution in [2.24, 2.45) is 0 Å². The van der Waals surface area contributed by atoms with E-state index < -0.39 is 45.9 Å². The maximum absolute atomic E-state index is 14.2. The van der Waals surface area contributed by atoms with Crippen molar-refractivity contribution in [3.8, 4) is 0 Å². The second-order valence-electron chi connectivity index (χ2n) is 7.26. The Hall–Kier alpha value is -4.16. The van der Waals surface area contributed by atoms with Crippen LogP contribution >= 0.6 is 0 Å². The zero-order valence-corrected chi connectivity index (χ0v) is 18.7. The first kappa shape index (κ1) is 25.5. The van der Waals surface area contributed by atoms with E-state index in [2.05, 4.69) is 10.3 Å². The number of esters is 2. The van der Waals surface area contributed by atoms with Gasteiger partial charge in [0.25, 0.3) is 5.69 Å². The normalized spacial score (nSPS) is 16.1. The van der Waals surface area contributed by atoms with Gasteiger partial charge in [-0.2, -0.15) is 13.2 Å². The van der Waals surface area contributed by atoms with E-state index in [0.29, 0.717) is 0 Å². The lowest BCUT2D eigenvalue weighted by Gasteiger charge is -2.33. The Morgan fingerprint density at radius 2 is 1.83 bits per heavy atom. The summed E-state index contributed by atoms with van der Waals surface area (Å²) in [5.74, 6) is -3.98. The molecule has 0 saturated carbocycles. The van der Waals surface area contributed by atoms with Gasteiger partial charge in [0.2, 0.25) is 0 Å². The van der Waals surface area contributed by atoms with Crippen LogP contribution in [0.3, 0.4) is 0 Å². The van der Waals surface area contributed by atoms with Gasteiger partial charge >= 0.3 is 18.1 Å². The molecule has 1 aromatic heterocycles. The van der Waals surface area contributed by atoms with Crippen molar-refractivity contribution in [2.45, 2.75) is 32.5 Å². The Labute approximate surface area is 197 Å². The second-order valence-corrected chi connectivity index (χ2v) is 7.26. The van der Waals surface area contributed by atoms with Gasteiger partial charge in [0, 0.05) is 30.2 Å². The molecule has 1 aliphatic heterocycles. The van der Waals surface area contributed by atoms with Gasteiger partial charge in [-0.3, -0.25) is 10.1 Å². The number of nitrogens with one attached hydrogen (secondary N) is 1. The van der Waals surface area contributed by atoms with Crippen LogP contribution in [-0.2, 0) is 25.6 Å². The predicted octanol–water partition coefficient (Wildman–Crippen LogP) is 3.38. The molecule has 0 aliphatic carbocycles. The Kier molecular flexibility index (Phi) is 7.57. The number of non-ortho nitro benzene ring substituents is 1. The lowest BCUT2D eigenvalue weighted by molar-refractivity contribution is -0.384. The molecule has 1 atom stereocenters. The van der Waals surface area contributed by atoms with Gasteiger partial charge in [0.15, 0.2) is 0 Å². The van der Waals surface area contributed by atoms with E-state index in [9.17, 15) is 32.9 Å². The summed E-state index contributed by atoms with van der Waals surface area (Å²) >= 11 is 0. The topological polar surface area (TPSA) is 126 Å². The fourth-order valence-electron chi connectivity index (χ4n) is 3.69. The molecule has 1 aromatic carbocycles. The number of carbonyl (C=O) groups is 2. The molecule has 1 N–H and O–H groups in total. The molecule has 1 aliphatic rings. The smallest absolute Gasteiger partial charge is 0.431 e. The summed E-state index contributed by atoms with van der Waals surface area (Å²) in [4.78, 5) is 40.4. The van der Waals surface area contributed by atoms with Crippen LogP contribution < -0.4 is 5.32 Å². The van der Waals surface area contributed by atoms with Crippen LogP contribution in [0.5, 0.6) is 0 Å². The average molecular weight is 494 g/mol. The molecule has 0 amide bonds. The van der Waals surface area contributed by atoms with Gasteiger partial charge in [-0.05, 0) is 19.4 Å². The second kappa shape index (κ2) is 10.4. The Balaban J connectivity index is 2.36. The molecule has 186 valence electrons. The van der Waals surface area contributed by atoms with Crippen LogP contribution in [0.2, 0.25) is 0 Å². The maximum atomic E-state index is 14.2. The minimum atomic E-state index is -5.05. The van der Waals surface area contributed by atoms with Gasteiger partial charge in [0.05, 0.1) is 48.1 Å². The monoisotopic (exact) mass is 494 g/mol. The molecule has 0 saturated heterocycles. The summed E-state index contributed by atoms with van der Waals surface area (Å²) in [6, 6.07) is 4.70. The number of carbonyl (C=O) groups excluding carboxylic acids is 2. The number of aromatic nitrogens is 2. The highest BCUT2D eigenvalue weighted by molar-refractivity contribution is 6.00. The van der Waals surface area contributed by atoms with Gasteiger partial charge < -0.3 is 19.4 Å². The molecule has 0 radical (unpaired) electrons. The van der Waals surface area contributed by atoms with Crippen molar-refractivity contribution >= 4 is 17.6 Å². The Morgan fingerprint density at radius 3 is 2.37 bits per heavy atom. The number of allylic oxidation sites excluding steroid dienone is 2. The van der Waals surface area contributed by atoms with E-state index in [0.717, 1.165) is 12.1 Å². The van der Waals surface area contributed by atoms with E-state index in [4.69, 9.17) is 9.47 Å². The summed E-state index contributed by atoms with van der Waals surface area (Å²) in [7, 11) is 0. The minimum Gasteiger partial charge on any atom is -0.463 e. The molecular weight excluding hydrogens is 473 g/mol. The maximum Gasteiger partial charge on any atom is 0.431 e. The highest BCUT2D eigenvalue weighted by Gasteiger charge is 2.48. The number of hydrogen-bond donors (Lipinski definition) is 1. The molecule has 2 aromatic rings. The molecule has 0 bridgehead atoms. The third-order valence-corrected chi connectivity index (χ3v) is 5.04. The molecule has 1 unspecified atom stereocenters. The number of alkyl halides is 3. The molecular formula is C22H21F3N4O6. The fraction of sp³-hybridized carbons (Fsp3) is 0.318. The summed E-state index contributed by atoms with van der Waals surface area (Å²) in [5.41, 5.74) is -3.38. The molecule has 0 fully saturated rings. The van der Waals surface area contributed by atoms with Crippen molar-refractivity contribution in [3.05, 3.63) is 81.2 Å². The number of ether oxygens (including phenoxy) is 2. The number of imidazole rings is 1. The fourth-order valence-corrected chi connectivity index (χ4v) is 3.69.